The van der Waals surface area contributed by atoms with E-state index in [0.29, 0.717) is 18.1 Å². The van der Waals surface area contributed by atoms with Crippen molar-refractivity contribution in [1.29, 1.82) is 0 Å². The van der Waals surface area contributed by atoms with Gasteiger partial charge in [0.2, 0.25) is 0 Å². The van der Waals surface area contributed by atoms with E-state index in [1.54, 1.807) is 24.5 Å². The monoisotopic (exact) mass is 328 g/mol. The summed E-state index contributed by atoms with van der Waals surface area (Å²) in [5, 5.41) is 9.30. The van der Waals surface area contributed by atoms with Gasteiger partial charge in [-0.2, -0.15) is 0 Å². The summed E-state index contributed by atoms with van der Waals surface area (Å²) in [5.74, 6) is 1.40. The molecule has 2 rings (SSSR count). The van der Waals surface area contributed by atoms with Crippen LogP contribution in [0.5, 0.6) is 11.5 Å². The zero-order chi connectivity index (χ0) is 13.0. The zero-order valence-electron chi connectivity index (χ0n) is 9.85. The van der Waals surface area contributed by atoms with Gasteiger partial charge in [-0.3, -0.25) is 0 Å². The Labute approximate surface area is 118 Å². The Morgan fingerprint density at radius 3 is 2.72 bits per heavy atom. The number of halogens is 1. The zero-order valence-corrected chi connectivity index (χ0v) is 12.3. The molecular weight excluding hydrogens is 316 g/mol. The predicted octanol–water partition coefficient (Wildman–Crippen LogP) is 3.59. The lowest BCUT2D eigenvalue weighted by Gasteiger charge is -2.10. The Bertz CT molecular complexity index is 525. The van der Waals surface area contributed by atoms with E-state index in [9.17, 15) is 5.11 Å². The number of rotatable bonds is 5. The van der Waals surface area contributed by atoms with Crippen molar-refractivity contribution in [1.82, 2.24) is 0 Å². The summed E-state index contributed by atoms with van der Waals surface area (Å²) in [6.07, 6.45) is 0. The van der Waals surface area contributed by atoms with Crippen LogP contribution in [0.1, 0.15) is 10.4 Å². The lowest BCUT2D eigenvalue weighted by Crippen LogP contribution is -1.98. The van der Waals surface area contributed by atoms with E-state index in [1.165, 1.54) is 0 Å². The van der Waals surface area contributed by atoms with Crippen molar-refractivity contribution >= 4 is 27.3 Å². The normalized spacial score (nSPS) is 10.4. The molecule has 0 amide bonds. The highest BCUT2D eigenvalue weighted by Gasteiger charge is 2.06. The highest BCUT2D eigenvalue weighted by Crippen LogP contribution is 2.27. The number of hydrogen-bond acceptors (Lipinski definition) is 4. The van der Waals surface area contributed by atoms with Crippen molar-refractivity contribution in [2.75, 3.05) is 7.11 Å². The molecule has 96 valence electrons. The molecule has 0 radical (unpaired) electrons. The molecule has 0 unspecified atom stereocenters. The molecule has 0 aliphatic carbocycles. The second kappa shape index (κ2) is 6.22. The summed E-state index contributed by atoms with van der Waals surface area (Å²) in [7, 11) is 1.60. The Morgan fingerprint density at radius 2 is 2.11 bits per heavy atom. The first-order chi connectivity index (χ1) is 8.72. The Balaban J connectivity index is 2.08. The van der Waals surface area contributed by atoms with Crippen molar-refractivity contribution in [3.05, 3.63) is 44.6 Å². The maximum absolute atomic E-state index is 9.30. The molecule has 0 saturated heterocycles. The van der Waals surface area contributed by atoms with Crippen LogP contribution >= 0.6 is 27.3 Å². The van der Waals surface area contributed by atoms with E-state index in [-0.39, 0.29) is 6.61 Å². The van der Waals surface area contributed by atoms with Gasteiger partial charge in [0.05, 0.1) is 17.5 Å². The topological polar surface area (TPSA) is 38.7 Å². The van der Waals surface area contributed by atoms with Crippen LogP contribution in [-0.2, 0) is 13.2 Å². The van der Waals surface area contributed by atoms with E-state index in [1.807, 2.05) is 24.3 Å². The average Bonchev–Trinajstić information content (AvgIpc) is 2.82. The Kier molecular flexibility index (Phi) is 4.63. The summed E-state index contributed by atoms with van der Waals surface area (Å²) in [5.41, 5.74) is 0.727. The second-order valence-corrected chi connectivity index (χ2v) is 6.17. The lowest BCUT2D eigenvalue weighted by atomic mass is 10.2. The van der Waals surface area contributed by atoms with Gasteiger partial charge in [0.1, 0.15) is 18.1 Å². The molecule has 0 fully saturated rings. The lowest BCUT2D eigenvalue weighted by molar-refractivity contribution is 0.259. The van der Waals surface area contributed by atoms with Crippen LogP contribution < -0.4 is 9.47 Å². The standard InChI is InChI=1S/C13H13BrO3S/c1-16-10-2-4-12(9(6-10)7-15)17-8-11-3-5-13(14)18-11/h2-6,15H,7-8H2,1H3. The first kappa shape index (κ1) is 13.4. The molecule has 5 heteroatoms. The van der Waals surface area contributed by atoms with E-state index in [4.69, 9.17) is 9.47 Å². The highest BCUT2D eigenvalue weighted by molar-refractivity contribution is 9.11. The maximum Gasteiger partial charge on any atom is 0.125 e. The highest BCUT2D eigenvalue weighted by atomic mass is 79.9. The van der Waals surface area contributed by atoms with Crippen molar-refractivity contribution in [3.63, 3.8) is 0 Å². The molecule has 0 saturated carbocycles. The molecule has 3 nitrogen and oxygen atoms in total. The molecular formula is C13H13BrO3S. The molecule has 1 aromatic heterocycles. The minimum Gasteiger partial charge on any atom is -0.497 e. The first-order valence-electron chi connectivity index (χ1n) is 5.37. The minimum atomic E-state index is -0.0688. The van der Waals surface area contributed by atoms with E-state index in [0.717, 1.165) is 14.2 Å². The summed E-state index contributed by atoms with van der Waals surface area (Å²) < 4.78 is 11.9. The van der Waals surface area contributed by atoms with Gasteiger partial charge >= 0.3 is 0 Å². The molecule has 0 atom stereocenters. The molecule has 0 aliphatic heterocycles. The number of methoxy groups -OCH3 is 1. The summed E-state index contributed by atoms with van der Waals surface area (Å²) in [6, 6.07) is 9.41. The SMILES string of the molecule is COc1ccc(OCc2ccc(Br)s2)c(CO)c1. The van der Waals surface area contributed by atoms with Crippen molar-refractivity contribution in [2.24, 2.45) is 0 Å². The fourth-order valence-corrected chi connectivity index (χ4v) is 2.92. The van der Waals surface area contributed by atoms with Crippen molar-refractivity contribution in [3.8, 4) is 11.5 Å². The van der Waals surface area contributed by atoms with Crippen LogP contribution in [0, 0.1) is 0 Å². The van der Waals surface area contributed by atoms with E-state index < -0.39 is 0 Å². The van der Waals surface area contributed by atoms with Gasteiger partial charge in [0.15, 0.2) is 0 Å². The summed E-state index contributed by atoms with van der Waals surface area (Å²) in [6.45, 7) is 0.427. The van der Waals surface area contributed by atoms with Crippen molar-refractivity contribution in [2.45, 2.75) is 13.2 Å². The quantitative estimate of drug-likeness (QED) is 0.911. The number of hydrogen-bond donors (Lipinski definition) is 1. The molecule has 18 heavy (non-hydrogen) atoms. The fraction of sp³-hybridized carbons (Fsp3) is 0.231. The number of benzene rings is 1. The summed E-state index contributed by atoms with van der Waals surface area (Å²) >= 11 is 5.04. The Morgan fingerprint density at radius 1 is 1.28 bits per heavy atom. The van der Waals surface area contributed by atoms with Gasteiger partial charge in [-0.25, -0.2) is 0 Å². The molecule has 2 aromatic rings. The Hall–Kier alpha value is -1.04. The van der Waals surface area contributed by atoms with E-state index in [2.05, 4.69) is 15.9 Å². The van der Waals surface area contributed by atoms with Gasteiger partial charge in [-0.05, 0) is 46.3 Å². The average molecular weight is 329 g/mol. The molecule has 0 spiro atoms. The first-order valence-corrected chi connectivity index (χ1v) is 6.98. The number of thiophene rings is 1. The second-order valence-electron chi connectivity index (χ2n) is 3.63. The third-order valence-electron chi connectivity index (χ3n) is 2.44. The van der Waals surface area contributed by atoms with Gasteiger partial charge in [-0.15, -0.1) is 11.3 Å². The van der Waals surface area contributed by atoms with Crippen LogP contribution in [0.25, 0.3) is 0 Å². The minimum absolute atomic E-state index is 0.0688. The third kappa shape index (κ3) is 3.25. The van der Waals surface area contributed by atoms with Crippen LogP contribution in [0.4, 0.5) is 0 Å². The third-order valence-corrected chi connectivity index (χ3v) is 4.03. The van der Waals surface area contributed by atoms with Crippen molar-refractivity contribution < 1.29 is 14.6 Å². The summed E-state index contributed by atoms with van der Waals surface area (Å²) in [4.78, 5) is 1.13. The predicted molar refractivity (Wildman–Crippen MR) is 75.3 cm³/mol. The maximum atomic E-state index is 9.30. The largest absolute Gasteiger partial charge is 0.497 e. The van der Waals surface area contributed by atoms with Gasteiger partial charge in [0.25, 0.3) is 0 Å². The fourth-order valence-electron chi connectivity index (χ4n) is 1.53. The molecule has 1 N–H and O–H groups in total. The molecule has 1 aromatic carbocycles. The van der Waals surface area contributed by atoms with Crippen LogP contribution in [0.2, 0.25) is 0 Å². The number of aliphatic hydroxyl groups is 1. The van der Waals surface area contributed by atoms with Crippen LogP contribution in [0.3, 0.4) is 0 Å². The number of ether oxygens (including phenoxy) is 2. The van der Waals surface area contributed by atoms with Gasteiger partial charge < -0.3 is 14.6 Å². The van der Waals surface area contributed by atoms with E-state index >= 15 is 0 Å². The van der Waals surface area contributed by atoms with Crippen LogP contribution in [-0.4, -0.2) is 12.2 Å². The van der Waals surface area contributed by atoms with Gasteiger partial charge in [-0.1, -0.05) is 0 Å². The molecule has 1 heterocycles. The number of aliphatic hydroxyl groups excluding tert-OH is 1. The smallest absolute Gasteiger partial charge is 0.125 e. The molecule has 0 aliphatic rings. The van der Waals surface area contributed by atoms with Gasteiger partial charge in [0, 0.05) is 10.4 Å². The van der Waals surface area contributed by atoms with Crippen LogP contribution in [0.15, 0.2) is 34.1 Å². The molecule has 0 bridgehead atoms.